The van der Waals surface area contributed by atoms with Crippen molar-refractivity contribution in [2.45, 2.75) is 13.5 Å². The second kappa shape index (κ2) is 3.38. The number of nitrogen functional groups attached to an aromatic ring is 1. The number of nitrogens with zero attached hydrogens (tertiary/aromatic N) is 1. The van der Waals surface area contributed by atoms with Gasteiger partial charge < -0.3 is 10.5 Å². The minimum atomic E-state index is -3.02. The molecule has 72 valence electrons. The number of alkyl halides is 2. The maximum Gasteiger partial charge on any atom is 0.388 e. The normalized spacial score (nSPS) is 10.5. The Morgan fingerprint density at radius 1 is 1.62 bits per heavy atom. The molecule has 0 saturated carbocycles. The summed E-state index contributed by atoms with van der Waals surface area (Å²) in [6, 6.07) is 0. The molecule has 0 aliphatic rings. The molecule has 1 aromatic rings. The van der Waals surface area contributed by atoms with Crippen LogP contribution in [0.1, 0.15) is 5.56 Å². The van der Waals surface area contributed by atoms with E-state index < -0.39 is 18.1 Å². The summed E-state index contributed by atoms with van der Waals surface area (Å²) >= 11 is 0. The highest BCUT2D eigenvalue weighted by molar-refractivity contribution is 5.28. The summed E-state index contributed by atoms with van der Waals surface area (Å²) in [6.45, 7) is -1.71. The molecule has 0 fully saturated rings. The van der Waals surface area contributed by atoms with Crippen molar-refractivity contribution in [3.05, 3.63) is 15.9 Å². The van der Waals surface area contributed by atoms with Crippen molar-refractivity contribution < 1.29 is 13.5 Å². The first-order valence-corrected chi connectivity index (χ1v) is 3.32. The largest absolute Gasteiger partial charge is 0.416 e. The van der Waals surface area contributed by atoms with E-state index in [0.717, 1.165) is 0 Å². The number of hydrogen-bond acceptors (Lipinski definition) is 4. The molecule has 0 spiro atoms. The molecule has 0 aliphatic carbocycles. The van der Waals surface area contributed by atoms with Gasteiger partial charge in [-0.15, -0.1) is 0 Å². The number of aromatic nitrogens is 2. The average Bonchev–Trinajstić information content (AvgIpc) is 1.98. The van der Waals surface area contributed by atoms with E-state index in [-0.39, 0.29) is 11.5 Å². The Bertz CT molecular complexity index is 363. The van der Waals surface area contributed by atoms with E-state index in [1.54, 1.807) is 0 Å². The minimum Gasteiger partial charge on any atom is -0.416 e. The molecule has 1 heterocycles. The van der Waals surface area contributed by atoms with E-state index in [2.05, 4.69) is 14.7 Å². The van der Waals surface area contributed by atoms with Crippen molar-refractivity contribution in [2.75, 3.05) is 5.73 Å². The van der Waals surface area contributed by atoms with Crippen LogP contribution in [0.25, 0.3) is 0 Å². The Morgan fingerprint density at radius 2 is 2.23 bits per heavy atom. The Hall–Kier alpha value is -1.66. The first-order valence-electron chi connectivity index (χ1n) is 3.32. The number of ether oxygens (including phenoxy) is 1. The number of H-pyrrole nitrogens is 1. The van der Waals surface area contributed by atoms with Crippen molar-refractivity contribution in [1.29, 1.82) is 0 Å². The highest BCUT2D eigenvalue weighted by Gasteiger charge is 2.11. The van der Waals surface area contributed by atoms with Gasteiger partial charge in [0, 0.05) is 0 Å². The third kappa shape index (κ3) is 2.14. The van der Waals surface area contributed by atoms with Crippen LogP contribution in [-0.4, -0.2) is 16.6 Å². The molecule has 3 N–H and O–H groups in total. The molecular weight excluding hydrogens is 184 g/mol. The maximum absolute atomic E-state index is 11.7. The highest BCUT2D eigenvalue weighted by atomic mass is 19.3. The van der Waals surface area contributed by atoms with Gasteiger partial charge in [-0.3, -0.25) is 9.78 Å². The third-order valence-electron chi connectivity index (χ3n) is 1.33. The molecular formula is C6H7F2N3O2. The van der Waals surface area contributed by atoms with Gasteiger partial charge in [-0.2, -0.15) is 13.8 Å². The zero-order valence-electron chi connectivity index (χ0n) is 6.67. The SMILES string of the molecule is Cc1c(OC(F)F)nc(N)[nH]c1=O. The molecule has 5 nitrogen and oxygen atoms in total. The van der Waals surface area contributed by atoms with Crippen LogP contribution in [-0.2, 0) is 0 Å². The predicted octanol–water partition coefficient (Wildman–Crippen LogP) is 0.262. The summed E-state index contributed by atoms with van der Waals surface area (Å²) in [4.78, 5) is 16.5. The summed E-state index contributed by atoms with van der Waals surface area (Å²) in [5.41, 5.74) is 4.49. The summed E-state index contributed by atoms with van der Waals surface area (Å²) in [5.74, 6) is -0.706. The highest BCUT2D eigenvalue weighted by Crippen LogP contribution is 2.12. The number of nitrogens with two attached hydrogens (primary N) is 1. The molecule has 1 aromatic heterocycles. The van der Waals surface area contributed by atoms with Gasteiger partial charge in [-0.1, -0.05) is 0 Å². The molecule has 0 unspecified atom stereocenters. The second-order valence-electron chi connectivity index (χ2n) is 2.26. The summed E-state index contributed by atoms with van der Waals surface area (Å²) < 4.78 is 27.5. The van der Waals surface area contributed by atoms with Gasteiger partial charge >= 0.3 is 6.61 Å². The topological polar surface area (TPSA) is 81.0 Å². The summed E-state index contributed by atoms with van der Waals surface area (Å²) in [7, 11) is 0. The summed E-state index contributed by atoms with van der Waals surface area (Å²) in [5, 5.41) is 0. The summed E-state index contributed by atoms with van der Waals surface area (Å²) in [6.07, 6.45) is 0. The fraction of sp³-hybridized carbons (Fsp3) is 0.333. The molecule has 0 aromatic carbocycles. The lowest BCUT2D eigenvalue weighted by Gasteiger charge is -2.05. The van der Waals surface area contributed by atoms with Gasteiger partial charge in [0.25, 0.3) is 5.56 Å². The van der Waals surface area contributed by atoms with Crippen LogP contribution < -0.4 is 16.0 Å². The lowest BCUT2D eigenvalue weighted by Crippen LogP contribution is -2.17. The standard InChI is InChI=1S/C6H7F2N3O2/c1-2-3(12)10-6(9)11-4(2)13-5(7)8/h5H,1H3,(H3,9,10,11,12). The van der Waals surface area contributed by atoms with Crippen molar-refractivity contribution in [3.63, 3.8) is 0 Å². The zero-order valence-corrected chi connectivity index (χ0v) is 6.67. The van der Waals surface area contributed by atoms with Crippen molar-refractivity contribution >= 4 is 5.95 Å². The Morgan fingerprint density at radius 3 is 2.77 bits per heavy atom. The van der Waals surface area contributed by atoms with E-state index in [0.29, 0.717) is 0 Å². The average molecular weight is 191 g/mol. The van der Waals surface area contributed by atoms with Gasteiger partial charge in [0.15, 0.2) is 0 Å². The quantitative estimate of drug-likeness (QED) is 0.702. The molecule has 0 atom stereocenters. The number of rotatable bonds is 2. The molecule has 0 aliphatic heterocycles. The van der Waals surface area contributed by atoms with Crippen LogP contribution in [0.2, 0.25) is 0 Å². The van der Waals surface area contributed by atoms with E-state index >= 15 is 0 Å². The van der Waals surface area contributed by atoms with E-state index in [4.69, 9.17) is 5.73 Å². The molecule has 1 rings (SSSR count). The molecule has 7 heteroatoms. The predicted molar refractivity (Wildman–Crippen MR) is 40.6 cm³/mol. The fourth-order valence-electron chi connectivity index (χ4n) is 0.728. The Kier molecular flexibility index (Phi) is 2.45. The van der Waals surface area contributed by atoms with Crippen LogP contribution in [0.15, 0.2) is 4.79 Å². The van der Waals surface area contributed by atoms with Crippen molar-refractivity contribution in [3.8, 4) is 5.88 Å². The van der Waals surface area contributed by atoms with Gasteiger partial charge in [0.05, 0.1) is 5.56 Å². The van der Waals surface area contributed by atoms with E-state index in [1.165, 1.54) is 6.92 Å². The van der Waals surface area contributed by atoms with E-state index in [1.807, 2.05) is 0 Å². The van der Waals surface area contributed by atoms with Crippen molar-refractivity contribution in [2.24, 2.45) is 0 Å². The van der Waals surface area contributed by atoms with Crippen LogP contribution in [0.3, 0.4) is 0 Å². The van der Waals surface area contributed by atoms with Crippen LogP contribution in [0, 0.1) is 6.92 Å². The minimum absolute atomic E-state index is 0.0329. The zero-order chi connectivity index (χ0) is 10.0. The van der Waals surface area contributed by atoms with Crippen molar-refractivity contribution in [1.82, 2.24) is 9.97 Å². The van der Waals surface area contributed by atoms with Gasteiger partial charge in [-0.05, 0) is 6.92 Å². The van der Waals surface area contributed by atoms with Crippen LogP contribution in [0.5, 0.6) is 5.88 Å². The monoisotopic (exact) mass is 191 g/mol. The number of nitrogens with one attached hydrogen (secondary N) is 1. The Balaban J connectivity index is 3.13. The number of hydrogen-bond donors (Lipinski definition) is 2. The number of aromatic amines is 1. The fourth-order valence-corrected chi connectivity index (χ4v) is 0.728. The van der Waals surface area contributed by atoms with Gasteiger partial charge in [-0.25, -0.2) is 0 Å². The van der Waals surface area contributed by atoms with Crippen LogP contribution in [0.4, 0.5) is 14.7 Å². The maximum atomic E-state index is 11.7. The second-order valence-corrected chi connectivity index (χ2v) is 2.26. The number of anilines is 1. The van der Waals surface area contributed by atoms with Gasteiger partial charge in [0.1, 0.15) is 0 Å². The molecule has 0 saturated heterocycles. The Labute approximate surface area is 71.5 Å². The lowest BCUT2D eigenvalue weighted by molar-refractivity contribution is -0.0533. The van der Waals surface area contributed by atoms with Crippen LogP contribution >= 0.6 is 0 Å². The molecule has 0 amide bonds. The smallest absolute Gasteiger partial charge is 0.388 e. The molecule has 0 radical (unpaired) electrons. The lowest BCUT2D eigenvalue weighted by atomic mass is 10.4. The van der Waals surface area contributed by atoms with E-state index in [9.17, 15) is 13.6 Å². The van der Waals surface area contributed by atoms with Gasteiger partial charge in [0.2, 0.25) is 11.8 Å². The number of halogens is 2. The molecule has 13 heavy (non-hydrogen) atoms. The molecule has 0 bridgehead atoms. The third-order valence-corrected chi connectivity index (χ3v) is 1.33. The first-order chi connectivity index (χ1) is 6.00. The first kappa shape index (κ1) is 9.43.